The molecule has 4 heterocycles. The van der Waals surface area contributed by atoms with Gasteiger partial charge in [-0.05, 0) is 12.3 Å². The molecule has 0 aliphatic carbocycles. The van der Waals surface area contributed by atoms with Gasteiger partial charge in [0.2, 0.25) is 0 Å². The predicted molar refractivity (Wildman–Crippen MR) is 102 cm³/mol. The fraction of sp³-hybridized carbons (Fsp3) is 0.353. The van der Waals surface area contributed by atoms with Crippen molar-refractivity contribution in [2.24, 2.45) is 11.8 Å². The molecule has 0 radical (unpaired) electrons. The molecule has 0 unspecified atom stereocenters. The second-order valence-electron chi connectivity index (χ2n) is 6.65. The molecule has 10 heteroatoms. The molecule has 1 saturated heterocycles. The van der Waals surface area contributed by atoms with Gasteiger partial charge in [-0.2, -0.15) is 5.26 Å². The van der Waals surface area contributed by atoms with E-state index in [9.17, 15) is 9.65 Å². The van der Waals surface area contributed by atoms with Crippen LogP contribution in [0, 0.1) is 29.0 Å². The highest BCUT2D eigenvalue weighted by molar-refractivity contribution is 7.22. The molecule has 27 heavy (non-hydrogen) atoms. The van der Waals surface area contributed by atoms with Gasteiger partial charge in [0.05, 0.1) is 18.2 Å². The van der Waals surface area contributed by atoms with E-state index in [1.54, 1.807) is 6.07 Å². The van der Waals surface area contributed by atoms with Crippen molar-refractivity contribution < 1.29 is 4.39 Å². The smallest absolute Gasteiger partial charge is 0.186 e. The number of hydrogen-bond acceptors (Lipinski definition) is 9. The summed E-state index contributed by atoms with van der Waals surface area (Å²) in [7, 11) is 0. The Labute approximate surface area is 158 Å². The first kappa shape index (κ1) is 17.4. The van der Waals surface area contributed by atoms with E-state index in [0.29, 0.717) is 39.7 Å². The van der Waals surface area contributed by atoms with Crippen LogP contribution in [0.4, 0.5) is 27.0 Å². The standard InChI is InChI=1S/C17H17FN8S/c1-9-2-10(4-19)7-26(6-9)17-25-14-11(18)5-21-16(15(14)27-17)24-13-3-12(20)22-8-23-13/h3,5,8-10H,2,6-7H2,1H3,(H3,20,21,22,23,24)/t9-,10+/m1/s1. The number of aromatic nitrogens is 4. The van der Waals surface area contributed by atoms with Crippen LogP contribution in [0.2, 0.25) is 0 Å². The van der Waals surface area contributed by atoms with E-state index in [1.807, 2.05) is 0 Å². The molecule has 1 fully saturated rings. The number of pyridine rings is 1. The number of halogens is 1. The summed E-state index contributed by atoms with van der Waals surface area (Å²) in [4.78, 5) is 18.6. The first-order valence-electron chi connectivity index (χ1n) is 8.47. The number of hydrogen-bond donors (Lipinski definition) is 2. The normalized spacial score (nSPS) is 19.8. The molecular weight excluding hydrogens is 367 g/mol. The van der Waals surface area contributed by atoms with Crippen LogP contribution in [-0.2, 0) is 0 Å². The highest BCUT2D eigenvalue weighted by Gasteiger charge is 2.27. The molecule has 0 spiro atoms. The van der Waals surface area contributed by atoms with Crippen LogP contribution in [-0.4, -0.2) is 33.0 Å². The van der Waals surface area contributed by atoms with Gasteiger partial charge in [0.15, 0.2) is 16.8 Å². The number of piperidine rings is 1. The molecule has 0 amide bonds. The van der Waals surface area contributed by atoms with Crippen LogP contribution in [0.5, 0.6) is 0 Å². The van der Waals surface area contributed by atoms with Crippen molar-refractivity contribution in [3.05, 3.63) is 24.4 Å². The Morgan fingerprint density at radius 2 is 2.22 bits per heavy atom. The minimum atomic E-state index is -0.484. The van der Waals surface area contributed by atoms with Crippen LogP contribution in [0.25, 0.3) is 10.2 Å². The molecule has 1 aliphatic heterocycles. The van der Waals surface area contributed by atoms with Crippen molar-refractivity contribution in [2.45, 2.75) is 13.3 Å². The van der Waals surface area contributed by atoms with Crippen molar-refractivity contribution in [3.63, 3.8) is 0 Å². The summed E-state index contributed by atoms with van der Waals surface area (Å²) in [6.07, 6.45) is 3.35. The van der Waals surface area contributed by atoms with Crippen LogP contribution >= 0.6 is 11.3 Å². The maximum absolute atomic E-state index is 14.3. The van der Waals surface area contributed by atoms with Crippen LogP contribution < -0.4 is 16.0 Å². The summed E-state index contributed by atoms with van der Waals surface area (Å²) in [5.74, 6) is 1.08. The Kier molecular flexibility index (Phi) is 4.45. The van der Waals surface area contributed by atoms with Gasteiger partial charge in [0.1, 0.15) is 28.2 Å². The lowest BCUT2D eigenvalue weighted by molar-refractivity contribution is 0.389. The number of nitrogens with zero attached hydrogens (tertiary/aromatic N) is 6. The number of nitrogens with two attached hydrogens (primary N) is 1. The second kappa shape index (κ2) is 6.92. The van der Waals surface area contributed by atoms with Crippen molar-refractivity contribution in [2.75, 3.05) is 29.0 Å². The third-order valence-corrected chi connectivity index (χ3v) is 5.53. The molecule has 3 aromatic heterocycles. The van der Waals surface area contributed by atoms with Gasteiger partial charge in [-0.1, -0.05) is 18.3 Å². The molecular formula is C17H17FN8S. The number of nitrogen functional groups attached to an aromatic ring is 1. The zero-order valence-corrected chi connectivity index (χ0v) is 15.4. The van der Waals surface area contributed by atoms with Gasteiger partial charge >= 0.3 is 0 Å². The maximum Gasteiger partial charge on any atom is 0.186 e. The zero-order chi connectivity index (χ0) is 19.0. The van der Waals surface area contributed by atoms with Crippen LogP contribution in [0.1, 0.15) is 13.3 Å². The lowest BCUT2D eigenvalue weighted by atomic mass is 9.92. The van der Waals surface area contributed by atoms with E-state index < -0.39 is 5.82 Å². The fourth-order valence-electron chi connectivity index (χ4n) is 3.26. The maximum atomic E-state index is 14.3. The van der Waals surface area contributed by atoms with E-state index in [1.165, 1.54) is 17.7 Å². The minimum Gasteiger partial charge on any atom is -0.384 e. The predicted octanol–water partition coefficient (Wildman–Crippen LogP) is 2.93. The zero-order valence-electron chi connectivity index (χ0n) is 14.6. The van der Waals surface area contributed by atoms with Crippen LogP contribution in [0.15, 0.2) is 18.6 Å². The monoisotopic (exact) mass is 384 g/mol. The summed E-state index contributed by atoms with van der Waals surface area (Å²) >= 11 is 1.35. The fourth-order valence-corrected chi connectivity index (χ4v) is 4.30. The van der Waals surface area contributed by atoms with Crippen molar-refractivity contribution in [3.8, 4) is 6.07 Å². The Balaban J connectivity index is 1.71. The quantitative estimate of drug-likeness (QED) is 0.708. The lowest BCUT2D eigenvalue weighted by Crippen LogP contribution is -2.39. The molecule has 4 rings (SSSR count). The summed E-state index contributed by atoms with van der Waals surface area (Å²) in [6, 6.07) is 3.91. The molecule has 8 nitrogen and oxygen atoms in total. The summed E-state index contributed by atoms with van der Waals surface area (Å²) < 4.78 is 14.9. The molecule has 3 N–H and O–H groups in total. The Morgan fingerprint density at radius 1 is 1.37 bits per heavy atom. The van der Waals surface area contributed by atoms with E-state index >= 15 is 0 Å². The van der Waals surface area contributed by atoms with Crippen LogP contribution in [0.3, 0.4) is 0 Å². The molecule has 2 atom stereocenters. The van der Waals surface area contributed by atoms with E-state index in [2.05, 4.69) is 43.1 Å². The van der Waals surface area contributed by atoms with Gasteiger partial charge in [-0.25, -0.2) is 24.3 Å². The molecule has 0 saturated carbocycles. The largest absolute Gasteiger partial charge is 0.384 e. The van der Waals surface area contributed by atoms with E-state index in [0.717, 1.165) is 19.2 Å². The minimum absolute atomic E-state index is 0.0506. The highest BCUT2D eigenvalue weighted by Crippen LogP contribution is 2.37. The Bertz CT molecular complexity index is 1030. The molecule has 1 aliphatic rings. The molecule has 0 bridgehead atoms. The average Bonchev–Trinajstić information content (AvgIpc) is 3.10. The van der Waals surface area contributed by atoms with Gasteiger partial charge in [0.25, 0.3) is 0 Å². The first-order valence-corrected chi connectivity index (χ1v) is 9.29. The number of nitriles is 1. The summed E-state index contributed by atoms with van der Waals surface area (Å²) in [6.45, 7) is 3.50. The van der Waals surface area contributed by atoms with Gasteiger partial charge in [0, 0.05) is 19.2 Å². The number of fused-ring (bicyclic) bond motifs is 1. The Morgan fingerprint density at radius 3 is 3.00 bits per heavy atom. The van der Waals surface area contributed by atoms with Crippen molar-refractivity contribution >= 4 is 44.1 Å². The van der Waals surface area contributed by atoms with Gasteiger partial charge in [-0.15, -0.1) is 0 Å². The Hall–Kier alpha value is -3.06. The number of nitrogens with one attached hydrogen (secondary N) is 1. The number of thiazole rings is 1. The SMILES string of the molecule is C[C@@H]1C[C@@H](C#N)CN(c2nc3c(F)cnc(Nc4cc(N)ncn4)c3s2)C1. The molecule has 138 valence electrons. The summed E-state index contributed by atoms with van der Waals surface area (Å²) in [5, 5.41) is 13.0. The average molecular weight is 384 g/mol. The van der Waals surface area contributed by atoms with Crippen molar-refractivity contribution in [1.82, 2.24) is 19.9 Å². The second-order valence-corrected chi connectivity index (χ2v) is 7.63. The first-order chi connectivity index (χ1) is 13.0. The number of anilines is 4. The van der Waals surface area contributed by atoms with E-state index in [4.69, 9.17) is 5.73 Å². The molecule has 3 aromatic rings. The van der Waals surface area contributed by atoms with Gasteiger partial charge < -0.3 is 16.0 Å². The highest BCUT2D eigenvalue weighted by atomic mass is 32.1. The molecule has 0 aromatic carbocycles. The van der Waals surface area contributed by atoms with E-state index in [-0.39, 0.29) is 11.4 Å². The third-order valence-electron chi connectivity index (χ3n) is 4.41. The van der Waals surface area contributed by atoms with Gasteiger partial charge in [-0.3, -0.25) is 0 Å². The summed E-state index contributed by atoms with van der Waals surface area (Å²) in [5.41, 5.74) is 5.93. The topological polar surface area (TPSA) is 117 Å². The van der Waals surface area contributed by atoms with Crippen molar-refractivity contribution in [1.29, 1.82) is 5.26 Å². The third kappa shape index (κ3) is 3.46. The number of rotatable bonds is 3. The lowest BCUT2D eigenvalue weighted by Gasteiger charge is -2.33.